The van der Waals surface area contributed by atoms with Gasteiger partial charge in [-0.25, -0.2) is 9.67 Å². The van der Waals surface area contributed by atoms with Gasteiger partial charge < -0.3 is 20.5 Å². The van der Waals surface area contributed by atoms with Gasteiger partial charge in [0.25, 0.3) is 17.0 Å². The lowest BCUT2D eigenvalue weighted by atomic mass is 9.78. The Hall–Kier alpha value is -3.68. The molecule has 0 saturated heterocycles. The Balaban J connectivity index is 1.29. The number of hydrogen-bond donors (Lipinski definition) is 2. The van der Waals surface area contributed by atoms with E-state index in [-0.39, 0.29) is 34.6 Å². The second-order valence-electron chi connectivity index (χ2n) is 8.83. The van der Waals surface area contributed by atoms with Gasteiger partial charge in [-0.05, 0) is 51.2 Å². The summed E-state index contributed by atoms with van der Waals surface area (Å²) in [6.45, 7) is 3.54. The number of carbonyl (C=O) groups excluding carboxylic acids is 2. The van der Waals surface area contributed by atoms with Crippen LogP contribution in [-0.4, -0.2) is 50.8 Å². The van der Waals surface area contributed by atoms with Crippen molar-refractivity contribution >= 4 is 23.2 Å². The van der Waals surface area contributed by atoms with Crippen molar-refractivity contribution in [3.63, 3.8) is 0 Å². The minimum atomic E-state index is -4.49. The third kappa shape index (κ3) is 5.84. The van der Waals surface area contributed by atoms with Gasteiger partial charge in [-0.1, -0.05) is 11.3 Å². The van der Waals surface area contributed by atoms with Gasteiger partial charge in [0, 0.05) is 12.2 Å². The number of carbonyl (C=O) groups is 2. The molecule has 1 atom stereocenters. The number of ether oxygens (including phenoxy) is 2. The Bertz CT molecular complexity index is 1280. The first-order valence-corrected chi connectivity index (χ1v) is 12.2. The highest BCUT2D eigenvalue weighted by molar-refractivity contribution is 7.15. The molecule has 2 amide bonds. The smallest absolute Gasteiger partial charge is 0.417 e. The molecule has 3 N–H and O–H groups in total. The van der Waals surface area contributed by atoms with E-state index in [1.807, 2.05) is 6.92 Å². The maximum atomic E-state index is 12.8. The molecule has 0 radical (unpaired) electrons. The Morgan fingerprint density at radius 1 is 1.30 bits per heavy atom. The zero-order valence-electron chi connectivity index (χ0n) is 20.2. The summed E-state index contributed by atoms with van der Waals surface area (Å²) >= 11 is 1.03. The van der Waals surface area contributed by atoms with Crippen LogP contribution in [0.25, 0.3) is 5.82 Å². The molecule has 1 saturated carbocycles. The van der Waals surface area contributed by atoms with Gasteiger partial charge >= 0.3 is 6.18 Å². The number of rotatable bonds is 9. The van der Waals surface area contributed by atoms with Crippen molar-refractivity contribution in [3.8, 4) is 16.9 Å². The van der Waals surface area contributed by atoms with Gasteiger partial charge in [-0.2, -0.15) is 23.3 Å². The first-order chi connectivity index (χ1) is 17.5. The van der Waals surface area contributed by atoms with Crippen LogP contribution in [0.4, 0.5) is 13.2 Å². The zero-order chi connectivity index (χ0) is 26.9. The van der Waals surface area contributed by atoms with E-state index >= 15 is 0 Å². The molecule has 1 aliphatic carbocycles. The highest BCUT2D eigenvalue weighted by atomic mass is 32.1. The standard InChI is InChI=1S/C23H25F3N6O4S/c1-11(6-13-7-15(8-13)36-21-18(19(27)33)37-22(31-21)35-3)30-20(34)16-10-29-32(12(16)2)17-5-4-14(9-28-17)23(24,25)26/h4-5,9-11,13,15H,6-8H2,1-3H3,(H2,27,33)(H,30,34)/t11-,13?,15?/m0/s1. The molecule has 0 unspecified atom stereocenters. The van der Waals surface area contributed by atoms with Crippen LogP contribution in [0.5, 0.6) is 11.1 Å². The average molecular weight is 539 g/mol. The quantitative estimate of drug-likeness (QED) is 0.426. The van der Waals surface area contributed by atoms with Gasteiger partial charge in [0.2, 0.25) is 5.88 Å². The van der Waals surface area contributed by atoms with Crippen LogP contribution < -0.4 is 20.5 Å². The molecule has 198 valence electrons. The summed E-state index contributed by atoms with van der Waals surface area (Å²) in [6.07, 6.45) is -0.337. The lowest BCUT2D eigenvalue weighted by Crippen LogP contribution is -2.40. The number of nitrogens with zero attached hydrogens (tertiary/aromatic N) is 4. The number of halogens is 3. The molecule has 0 aliphatic heterocycles. The molecule has 3 heterocycles. The van der Waals surface area contributed by atoms with Crippen LogP contribution in [0.15, 0.2) is 24.5 Å². The third-order valence-corrected chi connectivity index (χ3v) is 7.07. The largest absolute Gasteiger partial charge is 0.473 e. The summed E-state index contributed by atoms with van der Waals surface area (Å²) in [7, 11) is 1.45. The lowest BCUT2D eigenvalue weighted by molar-refractivity contribution is -0.137. The van der Waals surface area contributed by atoms with Crippen LogP contribution in [0, 0.1) is 12.8 Å². The molecule has 0 bridgehead atoms. The van der Waals surface area contributed by atoms with Crippen molar-refractivity contribution in [2.75, 3.05) is 7.11 Å². The summed E-state index contributed by atoms with van der Waals surface area (Å²) in [4.78, 5) is 32.6. The van der Waals surface area contributed by atoms with Crippen LogP contribution in [0.3, 0.4) is 0 Å². The summed E-state index contributed by atoms with van der Waals surface area (Å²) in [6, 6.07) is 1.97. The molecule has 3 aromatic rings. The summed E-state index contributed by atoms with van der Waals surface area (Å²) in [5.41, 5.74) is 5.27. The van der Waals surface area contributed by atoms with E-state index in [0.717, 1.165) is 36.4 Å². The number of pyridine rings is 1. The van der Waals surface area contributed by atoms with Crippen molar-refractivity contribution in [3.05, 3.63) is 46.2 Å². The summed E-state index contributed by atoms with van der Waals surface area (Å²) < 4.78 is 50.6. The normalized spacial score (nSPS) is 18.1. The Labute approximate surface area is 214 Å². The molecule has 1 aliphatic rings. The fourth-order valence-corrected chi connectivity index (χ4v) is 4.80. The molecule has 3 aromatic heterocycles. The highest BCUT2D eigenvalue weighted by Crippen LogP contribution is 2.37. The van der Waals surface area contributed by atoms with Gasteiger partial charge in [0.1, 0.15) is 6.10 Å². The number of thiazole rings is 1. The van der Waals surface area contributed by atoms with E-state index in [1.54, 1.807) is 6.92 Å². The van der Waals surface area contributed by atoms with E-state index in [1.165, 1.54) is 24.1 Å². The van der Waals surface area contributed by atoms with E-state index < -0.39 is 17.6 Å². The first kappa shape index (κ1) is 26.4. The number of nitrogens with two attached hydrogens (primary N) is 1. The van der Waals surface area contributed by atoms with Crippen LogP contribution in [-0.2, 0) is 6.18 Å². The van der Waals surface area contributed by atoms with Crippen molar-refractivity contribution in [2.45, 2.75) is 51.4 Å². The van der Waals surface area contributed by atoms with E-state index in [2.05, 4.69) is 20.4 Å². The molecule has 0 aromatic carbocycles. The molecule has 1 fully saturated rings. The van der Waals surface area contributed by atoms with Crippen molar-refractivity contribution in [2.24, 2.45) is 11.7 Å². The average Bonchev–Trinajstić information content (AvgIpc) is 3.40. The number of amides is 2. The lowest BCUT2D eigenvalue weighted by Gasteiger charge is -2.36. The topological polar surface area (TPSA) is 134 Å². The second-order valence-corrected chi connectivity index (χ2v) is 9.79. The number of hydrogen-bond acceptors (Lipinski definition) is 8. The number of primary amides is 1. The number of alkyl halides is 3. The van der Waals surface area contributed by atoms with E-state index in [9.17, 15) is 22.8 Å². The third-order valence-electron chi connectivity index (χ3n) is 6.06. The van der Waals surface area contributed by atoms with Crippen molar-refractivity contribution in [1.82, 2.24) is 25.1 Å². The highest BCUT2D eigenvalue weighted by Gasteiger charge is 2.34. The number of nitrogens with one attached hydrogen (secondary N) is 1. The van der Waals surface area contributed by atoms with E-state index in [0.29, 0.717) is 28.8 Å². The molecule has 14 heteroatoms. The SMILES string of the molecule is COc1nc(OC2CC(C[C@H](C)NC(=O)c3cnn(-c4ccc(C(F)(F)F)cn4)c3C)C2)c(C(N)=O)s1. The molecule has 37 heavy (non-hydrogen) atoms. The fourth-order valence-electron chi connectivity index (χ4n) is 4.13. The summed E-state index contributed by atoms with van der Waals surface area (Å²) in [5, 5.41) is 7.35. The van der Waals surface area contributed by atoms with Gasteiger partial charge in [-0.15, -0.1) is 0 Å². The summed E-state index contributed by atoms with van der Waals surface area (Å²) in [5.74, 6) is -0.311. The monoisotopic (exact) mass is 538 g/mol. The number of aromatic nitrogens is 4. The molecule has 0 spiro atoms. The Kier molecular flexibility index (Phi) is 7.39. The van der Waals surface area contributed by atoms with Crippen LogP contribution in [0.2, 0.25) is 0 Å². The number of methoxy groups -OCH3 is 1. The second kappa shape index (κ2) is 10.4. The van der Waals surface area contributed by atoms with Gasteiger partial charge in [0.05, 0.1) is 30.1 Å². The molecular formula is C23H25F3N6O4S. The van der Waals surface area contributed by atoms with Crippen LogP contribution >= 0.6 is 11.3 Å². The Morgan fingerprint density at radius 3 is 2.62 bits per heavy atom. The minimum absolute atomic E-state index is 0.116. The maximum absolute atomic E-state index is 12.8. The van der Waals surface area contributed by atoms with E-state index in [4.69, 9.17) is 15.2 Å². The van der Waals surface area contributed by atoms with Crippen LogP contribution in [0.1, 0.15) is 57.5 Å². The molecule has 4 rings (SSSR count). The van der Waals surface area contributed by atoms with Crippen molar-refractivity contribution in [1.29, 1.82) is 0 Å². The predicted octanol–water partition coefficient (Wildman–Crippen LogP) is 3.52. The predicted molar refractivity (Wildman–Crippen MR) is 127 cm³/mol. The van der Waals surface area contributed by atoms with Gasteiger partial charge in [0.15, 0.2) is 10.7 Å². The molecular weight excluding hydrogens is 513 g/mol. The zero-order valence-corrected chi connectivity index (χ0v) is 21.0. The maximum Gasteiger partial charge on any atom is 0.417 e. The molecule has 10 nitrogen and oxygen atoms in total. The first-order valence-electron chi connectivity index (χ1n) is 11.4. The van der Waals surface area contributed by atoms with Crippen molar-refractivity contribution < 1.29 is 32.2 Å². The fraction of sp³-hybridized carbons (Fsp3) is 0.435. The minimum Gasteiger partial charge on any atom is -0.473 e. The Morgan fingerprint density at radius 2 is 2.03 bits per heavy atom. The van der Waals surface area contributed by atoms with Gasteiger partial charge in [-0.3, -0.25) is 9.59 Å².